The molecule has 1 N–H and O–H groups in total. The molecule has 0 spiro atoms. The highest BCUT2D eigenvalue weighted by molar-refractivity contribution is 8.18. The Balaban J connectivity index is 1.67. The van der Waals surface area contributed by atoms with Crippen molar-refractivity contribution in [1.82, 2.24) is 5.32 Å². The molecule has 0 atom stereocenters. The summed E-state index contributed by atoms with van der Waals surface area (Å²) < 4.78 is 18.6. The van der Waals surface area contributed by atoms with Gasteiger partial charge in [0.1, 0.15) is 18.2 Å². The fourth-order valence-corrected chi connectivity index (χ4v) is 3.07. The number of ether oxygens (including phenoxy) is 1. The van der Waals surface area contributed by atoms with Crippen molar-refractivity contribution in [3.63, 3.8) is 0 Å². The summed E-state index contributed by atoms with van der Waals surface area (Å²) in [6, 6.07) is 13.3. The van der Waals surface area contributed by atoms with Crippen LogP contribution in [-0.2, 0) is 16.2 Å². The number of carbonyl (C=O) groups excluding carboxylic acids is 2. The van der Waals surface area contributed by atoms with Crippen molar-refractivity contribution in [3.8, 4) is 5.75 Å². The highest BCUT2D eigenvalue weighted by Crippen LogP contribution is 2.28. The molecular formula is C19H15FN2O3S. The Kier molecular flexibility index (Phi) is 5.48. The third-order valence-electron chi connectivity index (χ3n) is 3.38. The Bertz CT molecular complexity index is 907. The number of nitrogens with zero attached hydrogens (tertiary/aromatic N) is 1. The molecule has 0 bridgehead atoms. The van der Waals surface area contributed by atoms with Crippen LogP contribution in [0, 0.1) is 5.82 Å². The molecule has 2 aromatic rings. The van der Waals surface area contributed by atoms with Crippen molar-refractivity contribution in [2.45, 2.75) is 13.5 Å². The summed E-state index contributed by atoms with van der Waals surface area (Å²) in [7, 11) is 0. The SMILES string of the molecule is CC(=O)NC1=NC(=O)/C(=C/c2cccc(OCc3ccc(F)cc3)c2)S1. The molecule has 0 unspecified atom stereocenters. The van der Waals surface area contributed by atoms with E-state index in [0.29, 0.717) is 17.3 Å². The van der Waals surface area contributed by atoms with Gasteiger partial charge in [-0.2, -0.15) is 4.99 Å². The molecule has 1 heterocycles. The summed E-state index contributed by atoms with van der Waals surface area (Å²) in [5.74, 6) is -0.332. The fraction of sp³-hybridized carbons (Fsp3) is 0.105. The fourth-order valence-electron chi connectivity index (χ4n) is 2.21. The molecule has 0 saturated carbocycles. The molecule has 3 rings (SSSR count). The Morgan fingerprint density at radius 3 is 2.77 bits per heavy atom. The number of halogens is 1. The van der Waals surface area contributed by atoms with Crippen molar-refractivity contribution in [1.29, 1.82) is 0 Å². The van der Waals surface area contributed by atoms with Gasteiger partial charge in [0.15, 0.2) is 5.17 Å². The first-order valence-corrected chi connectivity index (χ1v) is 8.59. The van der Waals surface area contributed by atoms with E-state index >= 15 is 0 Å². The second kappa shape index (κ2) is 7.97. The summed E-state index contributed by atoms with van der Waals surface area (Å²) in [4.78, 5) is 27.2. The molecule has 0 saturated heterocycles. The first kappa shape index (κ1) is 17.9. The number of nitrogens with one attached hydrogen (secondary N) is 1. The van der Waals surface area contributed by atoms with Crippen molar-refractivity contribution in [2.24, 2.45) is 4.99 Å². The van der Waals surface area contributed by atoms with E-state index in [1.165, 1.54) is 19.1 Å². The number of hydrogen-bond acceptors (Lipinski definition) is 4. The van der Waals surface area contributed by atoms with Gasteiger partial charge in [-0.15, -0.1) is 0 Å². The Labute approximate surface area is 154 Å². The average Bonchev–Trinajstić information content (AvgIpc) is 2.93. The van der Waals surface area contributed by atoms with Gasteiger partial charge < -0.3 is 10.1 Å². The largest absolute Gasteiger partial charge is 0.489 e. The number of hydrogen-bond donors (Lipinski definition) is 1. The van der Waals surface area contributed by atoms with Crippen molar-refractivity contribution < 1.29 is 18.7 Å². The lowest BCUT2D eigenvalue weighted by Crippen LogP contribution is -2.23. The maximum atomic E-state index is 12.9. The van der Waals surface area contributed by atoms with Gasteiger partial charge in [0.25, 0.3) is 5.91 Å². The topological polar surface area (TPSA) is 67.8 Å². The molecule has 1 aliphatic rings. The predicted molar refractivity (Wildman–Crippen MR) is 99.0 cm³/mol. The number of benzene rings is 2. The number of carbonyl (C=O) groups is 2. The molecule has 5 nitrogen and oxygen atoms in total. The van der Waals surface area contributed by atoms with Crippen LogP contribution in [0.5, 0.6) is 5.75 Å². The highest BCUT2D eigenvalue weighted by Gasteiger charge is 2.22. The maximum absolute atomic E-state index is 12.9. The van der Waals surface area contributed by atoms with Crippen LogP contribution in [0.2, 0.25) is 0 Å². The van der Waals surface area contributed by atoms with Crippen LogP contribution in [0.4, 0.5) is 4.39 Å². The smallest absolute Gasteiger partial charge is 0.286 e. The van der Waals surface area contributed by atoms with Gasteiger partial charge in [0.2, 0.25) is 5.91 Å². The number of rotatable bonds is 4. The molecule has 0 aromatic heterocycles. The minimum absolute atomic E-state index is 0.275. The van der Waals surface area contributed by atoms with E-state index in [9.17, 15) is 14.0 Å². The lowest BCUT2D eigenvalue weighted by atomic mass is 10.2. The van der Waals surface area contributed by atoms with Crippen LogP contribution >= 0.6 is 11.8 Å². The van der Waals surface area contributed by atoms with Crippen LogP contribution in [0.15, 0.2) is 58.4 Å². The van der Waals surface area contributed by atoms with E-state index in [1.54, 1.807) is 30.3 Å². The van der Waals surface area contributed by atoms with Crippen LogP contribution in [0.3, 0.4) is 0 Å². The zero-order chi connectivity index (χ0) is 18.5. The Morgan fingerprint density at radius 2 is 2.04 bits per heavy atom. The van der Waals surface area contributed by atoms with E-state index in [4.69, 9.17) is 4.74 Å². The molecule has 2 amide bonds. The zero-order valence-corrected chi connectivity index (χ0v) is 14.7. The van der Waals surface area contributed by atoms with Gasteiger partial charge in [0.05, 0.1) is 4.91 Å². The number of amides is 2. The normalized spacial score (nSPS) is 15.1. The molecule has 7 heteroatoms. The quantitative estimate of drug-likeness (QED) is 0.837. The van der Waals surface area contributed by atoms with E-state index in [-0.39, 0.29) is 16.9 Å². The molecule has 132 valence electrons. The number of aliphatic imine (C=N–C) groups is 1. The van der Waals surface area contributed by atoms with Crippen molar-refractivity contribution >= 4 is 34.8 Å². The molecule has 2 aromatic carbocycles. The summed E-state index contributed by atoms with van der Waals surface area (Å²) in [5.41, 5.74) is 1.63. The second-order valence-electron chi connectivity index (χ2n) is 5.50. The summed E-state index contributed by atoms with van der Waals surface area (Å²) in [6.45, 7) is 1.67. The van der Waals surface area contributed by atoms with E-state index in [2.05, 4.69) is 10.3 Å². The third kappa shape index (κ3) is 4.80. The maximum Gasteiger partial charge on any atom is 0.286 e. The van der Waals surface area contributed by atoms with Gasteiger partial charge in [-0.05, 0) is 53.2 Å². The van der Waals surface area contributed by atoms with Crippen LogP contribution in [0.1, 0.15) is 18.1 Å². The monoisotopic (exact) mass is 370 g/mol. The molecule has 1 aliphatic heterocycles. The zero-order valence-electron chi connectivity index (χ0n) is 13.9. The summed E-state index contributed by atoms with van der Waals surface area (Å²) in [5, 5.41) is 2.78. The lowest BCUT2D eigenvalue weighted by molar-refractivity contribution is -0.117. The van der Waals surface area contributed by atoms with E-state index < -0.39 is 5.91 Å². The van der Waals surface area contributed by atoms with E-state index in [0.717, 1.165) is 22.9 Å². The predicted octanol–water partition coefficient (Wildman–Crippen LogP) is 3.51. The minimum Gasteiger partial charge on any atom is -0.489 e. The van der Waals surface area contributed by atoms with Crippen molar-refractivity contribution in [3.05, 3.63) is 70.4 Å². The van der Waals surface area contributed by atoms with E-state index in [1.807, 2.05) is 12.1 Å². The van der Waals surface area contributed by atoms with Gasteiger partial charge >= 0.3 is 0 Å². The minimum atomic E-state index is -0.392. The number of thioether (sulfide) groups is 1. The second-order valence-corrected chi connectivity index (χ2v) is 6.53. The average molecular weight is 370 g/mol. The summed E-state index contributed by atoms with van der Waals surface area (Å²) in [6.07, 6.45) is 1.69. The molecular weight excluding hydrogens is 355 g/mol. The van der Waals surface area contributed by atoms with Gasteiger partial charge in [0, 0.05) is 6.92 Å². The molecule has 0 fully saturated rings. The van der Waals surface area contributed by atoms with Gasteiger partial charge in [-0.25, -0.2) is 4.39 Å². The molecule has 0 radical (unpaired) electrons. The third-order valence-corrected chi connectivity index (χ3v) is 4.28. The molecule has 26 heavy (non-hydrogen) atoms. The van der Waals surface area contributed by atoms with Gasteiger partial charge in [-0.3, -0.25) is 9.59 Å². The number of amidine groups is 1. The first-order chi connectivity index (χ1) is 12.5. The first-order valence-electron chi connectivity index (χ1n) is 7.77. The van der Waals surface area contributed by atoms with Crippen LogP contribution in [0.25, 0.3) is 6.08 Å². The Hall–Kier alpha value is -2.93. The van der Waals surface area contributed by atoms with Crippen LogP contribution in [-0.4, -0.2) is 17.0 Å². The van der Waals surface area contributed by atoms with Crippen LogP contribution < -0.4 is 10.1 Å². The molecule has 0 aliphatic carbocycles. The Morgan fingerprint density at radius 1 is 1.27 bits per heavy atom. The standard InChI is InChI=1S/C19H15FN2O3S/c1-12(23)21-19-22-18(24)17(26-19)10-14-3-2-4-16(9-14)25-11-13-5-7-15(20)8-6-13/h2-10H,11H2,1H3,(H,21,22,23,24)/b17-10-. The highest BCUT2D eigenvalue weighted by atomic mass is 32.2. The van der Waals surface area contributed by atoms with Crippen molar-refractivity contribution in [2.75, 3.05) is 0 Å². The lowest BCUT2D eigenvalue weighted by Gasteiger charge is -2.07. The summed E-state index contributed by atoms with van der Waals surface area (Å²) >= 11 is 1.11. The van der Waals surface area contributed by atoms with Gasteiger partial charge in [-0.1, -0.05) is 24.3 Å².